The molecule has 0 unspecified atom stereocenters. The second-order valence-corrected chi connectivity index (χ2v) is 1.61. The second kappa shape index (κ2) is 16.7. The van der Waals surface area contributed by atoms with Crippen molar-refractivity contribution in [3.63, 3.8) is 0 Å². The number of rotatable bonds is 0. The average molecular weight is 237 g/mol. The van der Waals surface area contributed by atoms with Crippen LogP contribution in [0.1, 0.15) is 0 Å². The summed E-state index contributed by atoms with van der Waals surface area (Å²) in [5.41, 5.74) is 0. The first-order valence-electron chi connectivity index (χ1n) is 1.20. The molecule has 0 fully saturated rings. The SMILES string of the molecule is Cl.Cl.OP(O)O.OP(O)O. The topological polar surface area (TPSA) is 121 Å². The van der Waals surface area contributed by atoms with E-state index in [1.54, 1.807) is 0 Å². The van der Waals surface area contributed by atoms with Gasteiger partial charge in [0.05, 0.1) is 0 Å². The van der Waals surface area contributed by atoms with Gasteiger partial charge in [-0.05, 0) is 0 Å². The number of hydrogen-bond acceptors (Lipinski definition) is 6. The van der Waals surface area contributed by atoms with Crippen LogP contribution in [0.5, 0.6) is 0 Å². The van der Waals surface area contributed by atoms with Crippen molar-refractivity contribution in [2.75, 3.05) is 0 Å². The van der Waals surface area contributed by atoms with E-state index in [2.05, 4.69) is 0 Å². The Labute approximate surface area is 72.0 Å². The van der Waals surface area contributed by atoms with E-state index in [-0.39, 0.29) is 24.8 Å². The molecule has 6 N–H and O–H groups in total. The molecular formula is H8Cl2O6P2. The van der Waals surface area contributed by atoms with E-state index in [9.17, 15) is 0 Å². The summed E-state index contributed by atoms with van der Waals surface area (Å²) in [6.07, 6.45) is 0. The Morgan fingerprint density at radius 1 is 0.500 bits per heavy atom. The first-order chi connectivity index (χ1) is 3.46. The Hall–Kier alpha value is 1.20. The molecule has 0 aliphatic heterocycles. The van der Waals surface area contributed by atoms with Crippen molar-refractivity contribution in [3.05, 3.63) is 0 Å². The maximum atomic E-state index is 7.23. The quantitative estimate of drug-likeness (QED) is 0.307. The van der Waals surface area contributed by atoms with E-state index >= 15 is 0 Å². The highest BCUT2D eigenvalue weighted by Crippen LogP contribution is 2.12. The Morgan fingerprint density at radius 2 is 0.500 bits per heavy atom. The Balaban J connectivity index is -0.0000000300. The first kappa shape index (κ1) is 22.5. The molecule has 0 atom stereocenters. The molecule has 0 rings (SSSR count). The van der Waals surface area contributed by atoms with Crippen molar-refractivity contribution in [1.29, 1.82) is 0 Å². The Bertz CT molecular complexity index is 29.2. The predicted molar refractivity (Wildman–Crippen MR) is 41.6 cm³/mol. The van der Waals surface area contributed by atoms with Crippen molar-refractivity contribution < 1.29 is 29.4 Å². The van der Waals surface area contributed by atoms with Crippen LogP contribution < -0.4 is 0 Å². The van der Waals surface area contributed by atoms with Gasteiger partial charge >= 0.3 is 17.2 Å². The van der Waals surface area contributed by atoms with Crippen molar-refractivity contribution in [2.24, 2.45) is 0 Å². The fraction of sp³-hybridized carbons (Fsp3) is 0. The summed E-state index contributed by atoms with van der Waals surface area (Å²) < 4.78 is 0. The molecule has 0 radical (unpaired) electrons. The van der Waals surface area contributed by atoms with Crippen LogP contribution in [-0.4, -0.2) is 29.4 Å². The van der Waals surface area contributed by atoms with E-state index in [0.29, 0.717) is 0 Å². The standard InChI is InChI=1S/2ClH.2H3O3P/c;;2*1-4(2)3/h2*1H;2*1-3H. The first-order valence-corrected chi connectivity index (χ1v) is 3.60. The van der Waals surface area contributed by atoms with Crippen LogP contribution in [0.2, 0.25) is 0 Å². The lowest BCUT2D eigenvalue weighted by Gasteiger charge is -1.76. The fourth-order valence-corrected chi connectivity index (χ4v) is 0. The Kier molecular flexibility index (Phi) is 37.4. The highest BCUT2D eigenvalue weighted by molar-refractivity contribution is 7.38. The maximum Gasteiger partial charge on any atom is 0.324 e. The fourth-order valence-electron chi connectivity index (χ4n) is 0. The van der Waals surface area contributed by atoms with Crippen LogP contribution >= 0.6 is 42.0 Å². The lowest BCUT2D eigenvalue weighted by Crippen LogP contribution is -1.54. The summed E-state index contributed by atoms with van der Waals surface area (Å²) in [7, 11) is -5.24. The molecule has 68 valence electrons. The largest absolute Gasteiger partial charge is 0.328 e. The van der Waals surface area contributed by atoms with E-state index in [1.807, 2.05) is 0 Å². The molecule has 0 bridgehead atoms. The van der Waals surface area contributed by atoms with Crippen LogP contribution in [0, 0.1) is 0 Å². The molecule has 10 heavy (non-hydrogen) atoms. The molecule has 0 aliphatic carbocycles. The molecule has 0 spiro atoms. The third kappa shape index (κ3) is 430. The van der Waals surface area contributed by atoms with Gasteiger partial charge in [-0.15, -0.1) is 24.8 Å². The monoisotopic (exact) mass is 236 g/mol. The van der Waals surface area contributed by atoms with Crippen LogP contribution in [0.25, 0.3) is 0 Å². The number of halogens is 2. The van der Waals surface area contributed by atoms with E-state index in [1.165, 1.54) is 0 Å². The molecule has 0 saturated carbocycles. The summed E-state index contributed by atoms with van der Waals surface area (Å²) in [5.74, 6) is 0. The van der Waals surface area contributed by atoms with Crippen LogP contribution in [0.15, 0.2) is 0 Å². The third-order valence-electron chi connectivity index (χ3n) is 0. The van der Waals surface area contributed by atoms with Gasteiger partial charge in [0.1, 0.15) is 0 Å². The maximum absolute atomic E-state index is 7.23. The molecule has 6 nitrogen and oxygen atoms in total. The molecule has 0 saturated heterocycles. The zero-order valence-electron chi connectivity index (χ0n) is 4.39. The van der Waals surface area contributed by atoms with Crippen LogP contribution in [0.3, 0.4) is 0 Å². The molecule has 0 heterocycles. The van der Waals surface area contributed by atoms with Crippen molar-refractivity contribution in [1.82, 2.24) is 0 Å². The van der Waals surface area contributed by atoms with E-state index < -0.39 is 17.2 Å². The van der Waals surface area contributed by atoms with E-state index in [4.69, 9.17) is 29.4 Å². The van der Waals surface area contributed by atoms with Crippen LogP contribution in [0.4, 0.5) is 0 Å². The third-order valence-corrected chi connectivity index (χ3v) is 0. The van der Waals surface area contributed by atoms with Gasteiger partial charge in [0.2, 0.25) is 0 Å². The normalized spacial score (nSPS) is 7.20. The average Bonchev–Trinajstić information content (AvgIpc) is 1.25. The molecule has 0 aliphatic rings. The highest BCUT2D eigenvalue weighted by Gasteiger charge is 1.76. The highest BCUT2D eigenvalue weighted by atomic mass is 35.5. The van der Waals surface area contributed by atoms with Gasteiger partial charge < -0.3 is 29.4 Å². The van der Waals surface area contributed by atoms with Gasteiger partial charge in [0.25, 0.3) is 0 Å². The van der Waals surface area contributed by atoms with Gasteiger partial charge in [-0.2, -0.15) is 0 Å². The number of hydrogen-bond donors (Lipinski definition) is 6. The molecular weight excluding hydrogens is 229 g/mol. The van der Waals surface area contributed by atoms with Gasteiger partial charge in [-0.25, -0.2) is 0 Å². The van der Waals surface area contributed by atoms with Crippen LogP contribution in [-0.2, 0) is 0 Å². The summed E-state index contributed by atoms with van der Waals surface area (Å²) in [6.45, 7) is 0. The van der Waals surface area contributed by atoms with Crippen molar-refractivity contribution in [3.8, 4) is 0 Å². The van der Waals surface area contributed by atoms with Gasteiger partial charge in [-0.3, -0.25) is 0 Å². The minimum atomic E-state index is -2.62. The van der Waals surface area contributed by atoms with Crippen molar-refractivity contribution >= 4 is 42.0 Å². The molecule has 0 amide bonds. The molecule has 0 aromatic heterocycles. The Morgan fingerprint density at radius 3 is 0.500 bits per heavy atom. The van der Waals surface area contributed by atoms with Crippen molar-refractivity contribution in [2.45, 2.75) is 0 Å². The molecule has 0 aromatic carbocycles. The van der Waals surface area contributed by atoms with Gasteiger partial charge in [0.15, 0.2) is 0 Å². The summed E-state index contributed by atoms with van der Waals surface area (Å²) >= 11 is 0. The summed E-state index contributed by atoms with van der Waals surface area (Å²) in [4.78, 5) is 43.4. The zero-order chi connectivity index (χ0) is 7.15. The lowest BCUT2D eigenvalue weighted by molar-refractivity contribution is 0.366. The molecule has 0 aromatic rings. The summed E-state index contributed by atoms with van der Waals surface area (Å²) in [6, 6.07) is 0. The van der Waals surface area contributed by atoms with Gasteiger partial charge in [0, 0.05) is 0 Å². The lowest BCUT2D eigenvalue weighted by atomic mass is 15.8. The zero-order valence-corrected chi connectivity index (χ0v) is 7.82. The minimum absolute atomic E-state index is 0. The second-order valence-electron chi connectivity index (χ2n) is 0.537. The predicted octanol–water partition coefficient (Wildman–Crippen LogP) is -0.776. The minimum Gasteiger partial charge on any atom is -0.328 e. The van der Waals surface area contributed by atoms with Gasteiger partial charge in [-0.1, -0.05) is 0 Å². The van der Waals surface area contributed by atoms with E-state index in [0.717, 1.165) is 0 Å². The summed E-state index contributed by atoms with van der Waals surface area (Å²) in [5, 5.41) is 0. The smallest absolute Gasteiger partial charge is 0.324 e. The molecule has 10 heteroatoms.